The van der Waals surface area contributed by atoms with Crippen LogP contribution in [0.3, 0.4) is 0 Å². The number of nitrogens with one attached hydrogen (secondary N) is 1. The molecule has 0 spiro atoms. The molecule has 2 N–H and O–H groups in total. The second kappa shape index (κ2) is 7.26. The summed E-state index contributed by atoms with van der Waals surface area (Å²) in [5.74, 6) is 1.05. The van der Waals surface area contributed by atoms with Gasteiger partial charge < -0.3 is 19.7 Å². The highest BCUT2D eigenvalue weighted by Gasteiger charge is 2.26. The smallest absolute Gasteiger partial charge is 0.226 e. The van der Waals surface area contributed by atoms with E-state index in [9.17, 15) is 9.90 Å². The number of likely N-dealkylation sites (N-methyl/N-ethyl adjacent to an activating group) is 1. The van der Waals surface area contributed by atoms with E-state index in [1.165, 1.54) is 0 Å². The number of amides is 1. The summed E-state index contributed by atoms with van der Waals surface area (Å²) in [5, 5.41) is 11.1. The zero-order valence-electron chi connectivity index (χ0n) is 14.4. The van der Waals surface area contributed by atoms with Gasteiger partial charge >= 0.3 is 0 Å². The number of aromatic nitrogens is 1. The number of benzene rings is 1. The number of ether oxygens (including phenoxy) is 1. The van der Waals surface area contributed by atoms with Gasteiger partial charge in [0.2, 0.25) is 5.91 Å². The van der Waals surface area contributed by atoms with Crippen LogP contribution in [0.15, 0.2) is 24.4 Å². The van der Waals surface area contributed by atoms with Crippen LogP contribution in [-0.2, 0) is 11.2 Å². The largest absolute Gasteiger partial charge is 0.496 e. The third kappa shape index (κ3) is 3.41. The van der Waals surface area contributed by atoms with Crippen molar-refractivity contribution in [3.05, 3.63) is 30.0 Å². The fourth-order valence-corrected chi connectivity index (χ4v) is 3.68. The molecular weight excluding hydrogens is 304 g/mol. The van der Waals surface area contributed by atoms with Crippen LogP contribution >= 0.6 is 0 Å². The van der Waals surface area contributed by atoms with Crippen LogP contribution in [-0.4, -0.2) is 47.7 Å². The van der Waals surface area contributed by atoms with E-state index in [0.717, 1.165) is 47.9 Å². The Bertz CT molecular complexity index is 710. The van der Waals surface area contributed by atoms with Crippen molar-refractivity contribution >= 4 is 16.8 Å². The maximum Gasteiger partial charge on any atom is 0.226 e. The van der Waals surface area contributed by atoms with E-state index in [4.69, 9.17) is 4.74 Å². The first kappa shape index (κ1) is 16.8. The van der Waals surface area contributed by atoms with Crippen molar-refractivity contribution in [3.63, 3.8) is 0 Å². The summed E-state index contributed by atoms with van der Waals surface area (Å²) in [6.45, 7) is 0.624. The lowest BCUT2D eigenvalue weighted by Crippen LogP contribution is -2.38. The average Bonchev–Trinajstić information content (AvgIpc) is 3.00. The molecular formula is C19H26N2O3. The molecule has 2 atom stereocenters. The lowest BCUT2D eigenvalue weighted by Gasteiger charge is -2.31. The number of methoxy groups -OCH3 is 1. The molecule has 0 aliphatic heterocycles. The molecule has 2 unspecified atom stereocenters. The normalized spacial score (nSPS) is 21.0. The monoisotopic (exact) mass is 330 g/mol. The highest BCUT2D eigenvalue weighted by molar-refractivity contribution is 5.93. The molecule has 1 aliphatic rings. The summed E-state index contributed by atoms with van der Waals surface area (Å²) in [7, 11) is 3.47. The molecule has 5 nitrogen and oxygen atoms in total. The average molecular weight is 330 g/mol. The van der Waals surface area contributed by atoms with Crippen molar-refractivity contribution < 1.29 is 14.6 Å². The molecule has 24 heavy (non-hydrogen) atoms. The van der Waals surface area contributed by atoms with E-state index in [2.05, 4.69) is 4.98 Å². The predicted octanol–water partition coefficient (Wildman–Crippen LogP) is 2.73. The Hall–Kier alpha value is -2.01. The Kier molecular flexibility index (Phi) is 5.09. The van der Waals surface area contributed by atoms with Gasteiger partial charge in [0.15, 0.2) is 0 Å². The van der Waals surface area contributed by atoms with Crippen LogP contribution in [0, 0.1) is 5.92 Å². The fraction of sp³-hybridized carbons (Fsp3) is 0.526. The van der Waals surface area contributed by atoms with Crippen LogP contribution in [0.25, 0.3) is 10.9 Å². The molecule has 0 saturated heterocycles. The summed E-state index contributed by atoms with van der Waals surface area (Å²) in [4.78, 5) is 17.6. The van der Waals surface area contributed by atoms with Crippen molar-refractivity contribution in [2.45, 2.75) is 38.2 Å². The Morgan fingerprint density at radius 3 is 2.92 bits per heavy atom. The summed E-state index contributed by atoms with van der Waals surface area (Å²) in [6.07, 6.45) is 6.02. The number of aromatic amines is 1. The molecule has 0 radical (unpaired) electrons. The van der Waals surface area contributed by atoms with Crippen LogP contribution in [0.2, 0.25) is 0 Å². The second-order valence-corrected chi connectivity index (χ2v) is 6.76. The van der Waals surface area contributed by atoms with E-state index in [0.29, 0.717) is 13.0 Å². The van der Waals surface area contributed by atoms with Crippen molar-refractivity contribution in [1.82, 2.24) is 9.88 Å². The minimum atomic E-state index is -0.276. The lowest BCUT2D eigenvalue weighted by atomic mass is 9.86. The van der Waals surface area contributed by atoms with Crippen molar-refractivity contribution in [1.29, 1.82) is 0 Å². The third-order valence-electron chi connectivity index (χ3n) is 5.11. The molecule has 1 amide bonds. The zero-order valence-corrected chi connectivity index (χ0v) is 14.4. The molecule has 1 heterocycles. The highest BCUT2D eigenvalue weighted by Crippen LogP contribution is 2.29. The molecule has 5 heteroatoms. The van der Waals surface area contributed by atoms with E-state index >= 15 is 0 Å². The van der Waals surface area contributed by atoms with Gasteiger partial charge in [0.05, 0.1) is 19.6 Å². The minimum absolute atomic E-state index is 0.0691. The molecule has 3 rings (SSSR count). The van der Waals surface area contributed by atoms with Gasteiger partial charge in [-0.2, -0.15) is 0 Å². The van der Waals surface area contributed by atoms with Gasteiger partial charge in [0.25, 0.3) is 0 Å². The molecule has 1 aliphatic carbocycles. The van der Waals surface area contributed by atoms with Gasteiger partial charge in [-0.15, -0.1) is 0 Å². The number of fused-ring (bicyclic) bond motifs is 1. The first-order chi connectivity index (χ1) is 11.6. The Morgan fingerprint density at radius 1 is 1.38 bits per heavy atom. The van der Waals surface area contributed by atoms with Crippen LogP contribution in [0.1, 0.15) is 31.2 Å². The van der Waals surface area contributed by atoms with E-state index < -0.39 is 0 Å². The van der Waals surface area contributed by atoms with Crippen LogP contribution in [0.5, 0.6) is 5.75 Å². The number of H-pyrrole nitrogens is 1. The number of carbonyl (C=O) groups excluding carboxylic acids is 1. The zero-order chi connectivity index (χ0) is 17.1. The van der Waals surface area contributed by atoms with Crippen molar-refractivity contribution in [2.75, 3.05) is 20.7 Å². The predicted molar refractivity (Wildman–Crippen MR) is 94.2 cm³/mol. The number of aliphatic hydroxyl groups excluding tert-OH is 1. The molecule has 1 saturated carbocycles. The minimum Gasteiger partial charge on any atom is -0.496 e. The first-order valence-corrected chi connectivity index (χ1v) is 8.65. The van der Waals surface area contributed by atoms with Crippen LogP contribution < -0.4 is 4.74 Å². The summed E-state index contributed by atoms with van der Waals surface area (Å²) >= 11 is 0. The number of nitrogens with zero attached hydrogens (tertiary/aromatic N) is 1. The number of aliphatic hydroxyl groups is 1. The van der Waals surface area contributed by atoms with Gasteiger partial charge in [0, 0.05) is 36.6 Å². The molecule has 1 fully saturated rings. The fourth-order valence-electron chi connectivity index (χ4n) is 3.68. The van der Waals surface area contributed by atoms with E-state index in [-0.39, 0.29) is 17.9 Å². The Balaban J connectivity index is 1.70. The van der Waals surface area contributed by atoms with E-state index in [1.54, 1.807) is 12.0 Å². The van der Waals surface area contributed by atoms with Crippen LogP contribution in [0.4, 0.5) is 0 Å². The Morgan fingerprint density at radius 2 is 2.17 bits per heavy atom. The topological polar surface area (TPSA) is 65.6 Å². The molecule has 1 aromatic carbocycles. The lowest BCUT2D eigenvalue weighted by molar-refractivity contribution is -0.130. The number of hydrogen-bond acceptors (Lipinski definition) is 3. The highest BCUT2D eigenvalue weighted by atomic mass is 16.5. The summed E-state index contributed by atoms with van der Waals surface area (Å²) < 4.78 is 5.43. The summed E-state index contributed by atoms with van der Waals surface area (Å²) in [5.41, 5.74) is 1.92. The standard InChI is InChI=1S/C19H26N2O3/c1-21(12-13-6-3-4-8-16(13)22)18(23)10-14-11-20-15-7-5-9-17(24-2)19(14)15/h5,7,9,11,13,16,20,22H,3-4,6,8,10,12H2,1-2H3. The molecule has 1 aromatic heterocycles. The van der Waals surface area contributed by atoms with Crippen molar-refractivity contribution in [2.24, 2.45) is 5.92 Å². The Labute approximate surface area is 142 Å². The van der Waals surface area contributed by atoms with Gasteiger partial charge in [0.1, 0.15) is 5.75 Å². The quantitative estimate of drug-likeness (QED) is 0.886. The van der Waals surface area contributed by atoms with E-state index in [1.807, 2.05) is 31.4 Å². The molecule has 130 valence electrons. The molecule has 2 aromatic rings. The van der Waals surface area contributed by atoms with Gasteiger partial charge in [-0.05, 0) is 30.5 Å². The van der Waals surface area contributed by atoms with Gasteiger partial charge in [-0.1, -0.05) is 18.9 Å². The van der Waals surface area contributed by atoms with Gasteiger partial charge in [-0.25, -0.2) is 0 Å². The second-order valence-electron chi connectivity index (χ2n) is 6.76. The van der Waals surface area contributed by atoms with Crippen molar-refractivity contribution in [3.8, 4) is 5.75 Å². The number of carbonyl (C=O) groups is 1. The number of rotatable bonds is 5. The third-order valence-corrected chi connectivity index (χ3v) is 5.11. The SMILES string of the molecule is COc1cccc2[nH]cc(CC(=O)N(C)CC3CCCCC3O)c12. The van der Waals surface area contributed by atoms with Gasteiger partial charge in [-0.3, -0.25) is 4.79 Å². The number of hydrogen-bond donors (Lipinski definition) is 2. The first-order valence-electron chi connectivity index (χ1n) is 8.65. The summed E-state index contributed by atoms with van der Waals surface area (Å²) in [6, 6.07) is 5.82. The molecule has 0 bridgehead atoms. The maximum atomic E-state index is 12.6. The maximum absolute atomic E-state index is 12.6.